The number of benzene rings is 1. The number of piperidine rings is 1. The zero-order valence-corrected chi connectivity index (χ0v) is 12.9. The molecule has 0 aliphatic carbocycles. The molecule has 22 heavy (non-hydrogen) atoms. The van der Waals surface area contributed by atoms with E-state index in [1.54, 1.807) is 19.1 Å². The fraction of sp³-hybridized carbons (Fsp3) is 0.562. The minimum atomic E-state index is -0.599. The molecule has 1 aromatic rings. The molecule has 5 nitrogen and oxygen atoms in total. The van der Waals surface area contributed by atoms with E-state index in [4.69, 9.17) is 0 Å². The standard InChI is InChI=1S/C16H24FN3O2/c1-12-5-6-13(9-15(12)17)19-16(22)18-10-14(21)11-20-7-3-2-4-8-20/h5-6,9,14,21H,2-4,7-8,10-11H2,1H3,(H2,18,19,22). The van der Waals surface area contributed by atoms with Crippen LogP contribution < -0.4 is 10.6 Å². The lowest BCUT2D eigenvalue weighted by Gasteiger charge is -2.28. The molecule has 122 valence electrons. The fourth-order valence-electron chi connectivity index (χ4n) is 2.56. The van der Waals surface area contributed by atoms with Gasteiger partial charge in [0.25, 0.3) is 0 Å². The van der Waals surface area contributed by atoms with Gasteiger partial charge in [-0.2, -0.15) is 0 Å². The Morgan fingerprint density at radius 1 is 1.36 bits per heavy atom. The largest absolute Gasteiger partial charge is 0.390 e. The number of amides is 2. The van der Waals surface area contributed by atoms with Crippen molar-refractivity contribution in [2.75, 3.05) is 31.5 Å². The molecule has 0 spiro atoms. The molecular weight excluding hydrogens is 285 g/mol. The summed E-state index contributed by atoms with van der Waals surface area (Å²) in [7, 11) is 0. The Morgan fingerprint density at radius 3 is 2.77 bits per heavy atom. The second-order valence-electron chi connectivity index (χ2n) is 5.81. The van der Waals surface area contributed by atoms with E-state index in [-0.39, 0.29) is 12.4 Å². The normalized spacial score (nSPS) is 17.0. The van der Waals surface area contributed by atoms with Crippen LogP contribution in [0.1, 0.15) is 24.8 Å². The van der Waals surface area contributed by atoms with Crippen LogP contribution in [0.3, 0.4) is 0 Å². The monoisotopic (exact) mass is 309 g/mol. The van der Waals surface area contributed by atoms with Gasteiger partial charge >= 0.3 is 6.03 Å². The highest BCUT2D eigenvalue weighted by Crippen LogP contribution is 2.13. The Labute approximate surface area is 130 Å². The summed E-state index contributed by atoms with van der Waals surface area (Å²) < 4.78 is 13.4. The number of rotatable bonds is 5. The number of likely N-dealkylation sites (tertiary alicyclic amines) is 1. The predicted octanol–water partition coefficient (Wildman–Crippen LogP) is 2.10. The van der Waals surface area contributed by atoms with Crippen LogP contribution in [0.2, 0.25) is 0 Å². The first-order valence-electron chi connectivity index (χ1n) is 7.76. The smallest absolute Gasteiger partial charge is 0.319 e. The zero-order valence-electron chi connectivity index (χ0n) is 12.9. The van der Waals surface area contributed by atoms with E-state index < -0.39 is 12.1 Å². The summed E-state index contributed by atoms with van der Waals surface area (Å²) in [5.74, 6) is -0.358. The van der Waals surface area contributed by atoms with E-state index in [9.17, 15) is 14.3 Å². The molecule has 1 aliphatic rings. The molecule has 0 radical (unpaired) electrons. The molecule has 1 unspecified atom stereocenters. The van der Waals surface area contributed by atoms with Crippen LogP contribution in [-0.2, 0) is 0 Å². The summed E-state index contributed by atoms with van der Waals surface area (Å²) in [4.78, 5) is 13.9. The van der Waals surface area contributed by atoms with Gasteiger partial charge in [0.15, 0.2) is 0 Å². The van der Waals surface area contributed by atoms with Gasteiger partial charge in [-0.1, -0.05) is 12.5 Å². The fourth-order valence-corrected chi connectivity index (χ4v) is 2.56. The number of hydrogen-bond acceptors (Lipinski definition) is 3. The van der Waals surface area contributed by atoms with Gasteiger partial charge in [0.05, 0.1) is 6.10 Å². The lowest BCUT2D eigenvalue weighted by molar-refractivity contribution is 0.102. The van der Waals surface area contributed by atoms with Crippen LogP contribution in [0.4, 0.5) is 14.9 Å². The van der Waals surface area contributed by atoms with Gasteiger partial charge in [-0.25, -0.2) is 9.18 Å². The second-order valence-corrected chi connectivity index (χ2v) is 5.81. The second kappa shape index (κ2) is 8.10. The molecule has 1 aromatic carbocycles. The highest BCUT2D eigenvalue weighted by Gasteiger charge is 2.15. The number of nitrogens with one attached hydrogen (secondary N) is 2. The van der Waals surface area contributed by atoms with Crippen molar-refractivity contribution < 1.29 is 14.3 Å². The summed E-state index contributed by atoms with van der Waals surface area (Å²) in [6.07, 6.45) is 2.98. The molecule has 6 heteroatoms. The van der Waals surface area contributed by atoms with E-state index in [2.05, 4.69) is 15.5 Å². The SMILES string of the molecule is Cc1ccc(NC(=O)NCC(O)CN2CCCCC2)cc1F. The molecule has 0 aromatic heterocycles. The maximum atomic E-state index is 13.4. The highest BCUT2D eigenvalue weighted by molar-refractivity contribution is 5.89. The van der Waals surface area contributed by atoms with E-state index in [1.165, 1.54) is 25.3 Å². The third-order valence-electron chi connectivity index (χ3n) is 3.85. The van der Waals surface area contributed by atoms with Crippen LogP contribution in [-0.4, -0.2) is 48.3 Å². The number of carbonyl (C=O) groups is 1. The number of β-amino-alcohol motifs (C(OH)–C–C–N with tert-alkyl or cyclic N) is 1. The summed E-state index contributed by atoms with van der Waals surface area (Å²) in [5, 5.41) is 15.1. The third-order valence-corrected chi connectivity index (χ3v) is 3.85. The summed E-state index contributed by atoms with van der Waals surface area (Å²) in [5.41, 5.74) is 0.925. The van der Waals surface area contributed by atoms with Crippen LogP contribution in [0.25, 0.3) is 0 Å². The van der Waals surface area contributed by atoms with Gasteiger partial charge in [0.2, 0.25) is 0 Å². The average molecular weight is 309 g/mol. The van der Waals surface area contributed by atoms with Crippen LogP contribution in [0.15, 0.2) is 18.2 Å². The molecule has 2 amide bonds. The molecule has 1 heterocycles. The molecule has 2 rings (SSSR count). The summed E-state index contributed by atoms with van der Waals surface area (Å²) in [6.45, 7) is 4.42. The van der Waals surface area contributed by atoms with Crippen molar-refractivity contribution in [1.29, 1.82) is 0 Å². The predicted molar refractivity (Wildman–Crippen MR) is 84.5 cm³/mol. The van der Waals surface area contributed by atoms with Crippen molar-refractivity contribution in [3.8, 4) is 0 Å². The van der Waals surface area contributed by atoms with Crippen molar-refractivity contribution in [1.82, 2.24) is 10.2 Å². The van der Waals surface area contributed by atoms with Gasteiger partial charge in [0, 0.05) is 18.8 Å². The number of hydrogen-bond donors (Lipinski definition) is 3. The number of aliphatic hydroxyl groups excluding tert-OH is 1. The molecule has 3 N–H and O–H groups in total. The van der Waals surface area contributed by atoms with Gasteiger partial charge in [0.1, 0.15) is 5.82 Å². The maximum Gasteiger partial charge on any atom is 0.319 e. The lowest BCUT2D eigenvalue weighted by atomic mass is 10.1. The molecule has 0 bridgehead atoms. The Morgan fingerprint density at radius 2 is 2.09 bits per heavy atom. The van der Waals surface area contributed by atoms with Crippen molar-refractivity contribution in [2.45, 2.75) is 32.3 Å². The first-order valence-corrected chi connectivity index (χ1v) is 7.76. The van der Waals surface area contributed by atoms with Crippen LogP contribution in [0.5, 0.6) is 0 Å². The van der Waals surface area contributed by atoms with Crippen LogP contribution in [0, 0.1) is 12.7 Å². The molecule has 1 aliphatic heterocycles. The Bertz CT molecular complexity index is 504. The minimum Gasteiger partial charge on any atom is -0.390 e. The lowest BCUT2D eigenvalue weighted by Crippen LogP contribution is -2.42. The average Bonchev–Trinajstić information content (AvgIpc) is 2.50. The van der Waals surface area contributed by atoms with Gasteiger partial charge in [-0.05, 0) is 50.6 Å². The van der Waals surface area contributed by atoms with Crippen LogP contribution >= 0.6 is 0 Å². The third kappa shape index (κ3) is 5.27. The molecule has 0 saturated carbocycles. The number of nitrogens with zero attached hydrogens (tertiary/aromatic N) is 1. The number of anilines is 1. The summed E-state index contributed by atoms with van der Waals surface area (Å²) >= 11 is 0. The molecule has 1 fully saturated rings. The van der Waals surface area contributed by atoms with E-state index in [0.29, 0.717) is 17.8 Å². The van der Waals surface area contributed by atoms with Gasteiger partial charge in [-0.15, -0.1) is 0 Å². The highest BCUT2D eigenvalue weighted by atomic mass is 19.1. The topological polar surface area (TPSA) is 64.6 Å². The number of halogens is 1. The first kappa shape index (κ1) is 16.7. The van der Waals surface area contributed by atoms with Gasteiger partial charge in [-0.3, -0.25) is 0 Å². The number of aryl methyl sites for hydroxylation is 1. The van der Waals surface area contributed by atoms with E-state index in [0.717, 1.165) is 13.1 Å². The van der Waals surface area contributed by atoms with E-state index >= 15 is 0 Å². The Kier molecular flexibility index (Phi) is 6.15. The number of urea groups is 1. The Hall–Kier alpha value is -1.66. The Balaban J connectivity index is 1.71. The number of carbonyl (C=O) groups excluding carboxylic acids is 1. The minimum absolute atomic E-state index is 0.177. The summed E-state index contributed by atoms with van der Waals surface area (Å²) in [6, 6.07) is 4.08. The zero-order chi connectivity index (χ0) is 15.9. The quantitative estimate of drug-likeness (QED) is 0.780. The van der Waals surface area contributed by atoms with Crippen molar-refractivity contribution in [3.05, 3.63) is 29.6 Å². The molecular formula is C16H24FN3O2. The van der Waals surface area contributed by atoms with Crippen molar-refractivity contribution >= 4 is 11.7 Å². The molecule has 1 atom stereocenters. The maximum absolute atomic E-state index is 13.4. The first-order chi connectivity index (χ1) is 10.5. The molecule has 1 saturated heterocycles. The van der Waals surface area contributed by atoms with Crippen molar-refractivity contribution in [2.24, 2.45) is 0 Å². The van der Waals surface area contributed by atoms with Crippen molar-refractivity contribution in [3.63, 3.8) is 0 Å². The number of aliphatic hydroxyl groups is 1. The van der Waals surface area contributed by atoms with Gasteiger partial charge < -0.3 is 20.6 Å². The van der Waals surface area contributed by atoms with E-state index in [1.807, 2.05) is 0 Å².